The average Bonchev–Trinajstić information content (AvgIpc) is 3.01. The Kier molecular flexibility index (Phi) is 3.12. The smallest absolute Gasteiger partial charge is 0.328 e. The van der Waals surface area contributed by atoms with E-state index in [4.69, 9.17) is 18.0 Å². The summed E-state index contributed by atoms with van der Waals surface area (Å²) in [5.41, 5.74) is 5.57. The molecule has 0 aromatic carbocycles. The molecular weight excluding hydrogens is 234 g/mol. The minimum Gasteiger partial charge on any atom is -0.393 e. The van der Waals surface area contributed by atoms with Crippen LogP contribution in [0.1, 0.15) is 39.2 Å². The Labute approximate surface area is 106 Å². The molecule has 0 amide bonds. The van der Waals surface area contributed by atoms with Gasteiger partial charge in [0.25, 0.3) is 0 Å². The first-order valence-electron chi connectivity index (χ1n) is 5.99. The van der Waals surface area contributed by atoms with E-state index < -0.39 is 0 Å². The fourth-order valence-electron chi connectivity index (χ4n) is 1.75. The number of aryl methyl sites for hydroxylation is 1. The van der Waals surface area contributed by atoms with Crippen LogP contribution in [0.5, 0.6) is 0 Å². The minimum atomic E-state index is -0.198. The number of thiocarbonyl (C=S) groups is 1. The van der Waals surface area contributed by atoms with Crippen LogP contribution in [0.25, 0.3) is 0 Å². The maximum atomic E-state index is 12.0. The van der Waals surface area contributed by atoms with Crippen molar-refractivity contribution in [3.8, 4) is 0 Å². The first kappa shape index (κ1) is 12.4. The largest absolute Gasteiger partial charge is 0.393 e. The quantitative estimate of drug-likeness (QED) is 0.812. The monoisotopic (exact) mass is 253 g/mol. The Morgan fingerprint density at radius 1 is 1.53 bits per heavy atom. The summed E-state index contributed by atoms with van der Waals surface area (Å²) in [6.45, 7) is 4.69. The normalized spacial score (nSPS) is 16.1. The molecule has 0 spiro atoms. The Morgan fingerprint density at radius 2 is 2.18 bits per heavy atom. The van der Waals surface area contributed by atoms with Crippen LogP contribution in [0.3, 0.4) is 0 Å². The number of nitrogens with two attached hydrogens (primary N) is 1. The first-order chi connectivity index (χ1) is 7.92. The van der Waals surface area contributed by atoms with Crippen LogP contribution in [0.2, 0.25) is 0 Å². The average molecular weight is 253 g/mol. The third kappa shape index (κ3) is 2.60. The predicted molar refractivity (Wildman–Crippen MR) is 72.1 cm³/mol. The SMILES string of the molecule is CC(C)(CCn1ccn(C2CC2)c1=O)C(N)=S. The Balaban J connectivity index is 2.04. The molecule has 1 aliphatic carbocycles. The third-order valence-corrected chi connectivity index (χ3v) is 4.01. The number of rotatable bonds is 5. The topological polar surface area (TPSA) is 53.0 Å². The molecule has 1 aromatic heterocycles. The van der Waals surface area contributed by atoms with Gasteiger partial charge in [0.05, 0.1) is 4.99 Å². The van der Waals surface area contributed by atoms with Crippen molar-refractivity contribution in [2.45, 2.75) is 45.7 Å². The summed E-state index contributed by atoms with van der Waals surface area (Å²) in [6, 6.07) is 0.437. The standard InChI is InChI=1S/C12H19N3OS/c1-12(2,10(13)17)5-6-14-7-8-15(11(14)16)9-3-4-9/h7-9H,3-6H2,1-2H3,(H2,13,17). The van der Waals surface area contributed by atoms with Gasteiger partial charge in [-0.15, -0.1) is 0 Å². The second kappa shape index (κ2) is 4.29. The summed E-state index contributed by atoms with van der Waals surface area (Å²) < 4.78 is 3.58. The fraction of sp³-hybridized carbons (Fsp3) is 0.667. The molecule has 0 unspecified atom stereocenters. The lowest BCUT2D eigenvalue weighted by Crippen LogP contribution is -2.32. The summed E-state index contributed by atoms with van der Waals surface area (Å²) in [5, 5.41) is 0. The van der Waals surface area contributed by atoms with Gasteiger partial charge in [-0.3, -0.25) is 9.13 Å². The first-order valence-corrected chi connectivity index (χ1v) is 6.40. The zero-order valence-electron chi connectivity index (χ0n) is 10.3. The zero-order chi connectivity index (χ0) is 12.6. The molecule has 2 N–H and O–H groups in total. The molecule has 1 fully saturated rings. The van der Waals surface area contributed by atoms with Gasteiger partial charge in [0.1, 0.15) is 0 Å². The van der Waals surface area contributed by atoms with E-state index in [1.54, 1.807) is 4.57 Å². The molecular formula is C12H19N3OS. The van der Waals surface area contributed by atoms with E-state index >= 15 is 0 Å². The van der Waals surface area contributed by atoms with Gasteiger partial charge in [0.2, 0.25) is 0 Å². The molecule has 0 atom stereocenters. The number of aromatic nitrogens is 2. The van der Waals surface area contributed by atoms with E-state index in [9.17, 15) is 4.79 Å². The summed E-state index contributed by atoms with van der Waals surface area (Å²) in [4.78, 5) is 12.5. The summed E-state index contributed by atoms with van der Waals surface area (Å²) >= 11 is 5.02. The summed E-state index contributed by atoms with van der Waals surface area (Å²) in [5.74, 6) is 0. The molecule has 2 rings (SSSR count). The predicted octanol–water partition coefficient (Wildman–Crippen LogP) is 1.69. The van der Waals surface area contributed by atoms with Crippen molar-refractivity contribution in [1.82, 2.24) is 9.13 Å². The van der Waals surface area contributed by atoms with E-state index in [-0.39, 0.29) is 11.1 Å². The van der Waals surface area contributed by atoms with E-state index in [0.717, 1.165) is 19.3 Å². The van der Waals surface area contributed by atoms with Gasteiger partial charge < -0.3 is 5.73 Å². The molecule has 1 aromatic rings. The number of hydrogen-bond acceptors (Lipinski definition) is 2. The van der Waals surface area contributed by atoms with Gasteiger partial charge in [-0.05, 0) is 19.3 Å². The molecule has 0 radical (unpaired) electrons. The fourth-order valence-corrected chi connectivity index (χ4v) is 1.85. The lowest BCUT2D eigenvalue weighted by molar-refractivity contribution is 0.427. The Morgan fingerprint density at radius 3 is 2.71 bits per heavy atom. The molecule has 1 aliphatic rings. The minimum absolute atomic E-state index is 0.0891. The lowest BCUT2D eigenvalue weighted by Gasteiger charge is -2.22. The second-order valence-corrected chi connectivity index (χ2v) is 5.85. The van der Waals surface area contributed by atoms with Crippen molar-refractivity contribution in [3.63, 3.8) is 0 Å². The summed E-state index contributed by atoms with van der Waals surface area (Å²) in [6.07, 6.45) is 6.78. The summed E-state index contributed by atoms with van der Waals surface area (Å²) in [7, 11) is 0. The van der Waals surface area contributed by atoms with Crippen LogP contribution in [-0.4, -0.2) is 14.1 Å². The van der Waals surface area contributed by atoms with Gasteiger partial charge in [-0.2, -0.15) is 0 Å². The zero-order valence-corrected chi connectivity index (χ0v) is 11.2. The maximum Gasteiger partial charge on any atom is 0.328 e. The lowest BCUT2D eigenvalue weighted by atomic mass is 9.89. The molecule has 0 bridgehead atoms. The van der Waals surface area contributed by atoms with Gasteiger partial charge in [0.15, 0.2) is 0 Å². The van der Waals surface area contributed by atoms with Crippen LogP contribution in [0.15, 0.2) is 17.2 Å². The molecule has 0 aliphatic heterocycles. The van der Waals surface area contributed by atoms with E-state index in [2.05, 4.69) is 0 Å². The number of hydrogen-bond donors (Lipinski definition) is 1. The van der Waals surface area contributed by atoms with Crippen LogP contribution < -0.4 is 11.4 Å². The van der Waals surface area contributed by atoms with Crippen molar-refractivity contribution >= 4 is 17.2 Å². The van der Waals surface area contributed by atoms with Crippen molar-refractivity contribution in [2.24, 2.45) is 11.1 Å². The highest BCUT2D eigenvalue weighted by Gasteiger charge is 2.26. The van der Waals surface area contributed by atoms with Gasteiger partial charge in [-0.1, -0.05) is 26.1 Å². The molecule has 17 heavy (non-hydrogen) atoms. The molecule has 1 heterocycles. The van der Waals surface area contributed by atoms with Gasteiger partial charge in [-0.25, -0.2) is 4.79 Å². The van der Waals surface area contributed by atoms with Crippen LogP contribution >= 0.6 is 12.2 Å². The highest BCUT2D eigenvalue weighted by atomic mass is 32.1. The molecule has 1 saturated carbocycles. The molecule has 4 nitrogen and oxygen atoms in total. The van der Waals surface area contributed by atoms with E-state index in [1.807, 2.05) is 30.8 Å². The molecule has 5 heteroatoms. The van der Waals surface area contributed by atoms with Crippen molar-refractivity contribution in [2.75, 3.05) is 0 Å². The van der Waals surface area contributed by atoms with Crippen molar-refractivity contribution < 1.29 is 0 Å². The molecule has 0 saturated heterocycles. The Bertz CT molecular complexity index is 482. The van der Waals surface area contributed by atoms with Gasteiger partial charge in [0, 0.05) is 30.4 Å². The van der Waals surface area contributed by atoms with Crippen molar-refractivity contribution in [3.05, 3.63) is 22.9 Å². The van der Waals surface area contributed by atoms with E-state index in [1.165, 1.54) is 0 Å². The van der Waals surface area contributed by atoms with Gasteiger partial charge >= 0.3 is 5.69 Å². The van der Waals surface area contributed by atoms with Crippen LogP contribution in [0.4, 0.5) is 0 Å². The van der Waals surface area contributed by atoms with E-state index in [0.29, 0.717) is 17.6 Å². The highest BCUT2D eigenvalue weighted by Crippen LogP contribution is 2.33. The van der Waals surface area contributed by atoms with Crippen LogP contribution in [-0.2, 0) is 6.54 Å². The Hall–Kier alpha value is -1.10. The van der Waals surface area contributed by atoms with Crippen LogP contribution in [0, 0.1) is 5.41 Å². The van der Waals surface area contributed by atoms with Crippen molar-refractivity contribution in [1.29, 1.82) is 0 Å². The number of imidazole rings is 1. The molecule has 94 valence electrons. The highest BCUT2D eigenvalue weighted by molar-refractivity contribution is 7.80. The third-order valence-electron chi connectivity index (χ3n) is 3.46. The maximum absolute atomic E-state index is 12.0. The second-order valence-electron chi connectivity index (χ2n) is 5.41. The number of nitrogens with zero attached hydrogens (tertiary/aromatic N) is 2.